The molecule has 0 fully saturated rings. The van der Waals surface area contributed by atoms with Crippen LogP contribution in [0.5, 0.6) is 0 Å². The molecule has 2 atom stereocenters. The zero-order chi connectivity index (χ0) is 43.0. The molecule has 0 saturated carbocycles. The first kappa shape index (κ1) is 57.9. The van der Waals surface area contributed by atoms with Crippen molar-refractivity contribution >= 4 is 11.9 Å². The molecule has 59 heavy (non-hydrogen) atoms. The molecule has 6 nitrogen and oxygen atoms in total. The van der Waals surface area contributed by atoms with E-state index in [1.54, 1.807) is 0 Å². The Labute approximate surface area is 368 Å². The van der Waals surface area contributed by atoms with Crippen molar-refractivity contribution in [3.8, 4) is 0 Å². The molecular weight excluding hydrogens is 731 g/mol. The van der Waals surface area contributed by atoms with Crippen molar-refractivity contribution < 1.29 is 24.5 Å². The molecule has 0 radical (unpaired) electrons. The third-order valence-electron chi connectivity index (χ3n) is 12.7. The molecule has 1 amide bonds. The Balaban J connectivity index is 3.43. The number of aliphatic hydroxyl groups is 2. The number of rotatable bonds is 50. The van der Waals surface area contributed by atoms with Crippen molar-refractivity contribution in [2.75, 3.05) is 13.2 Å². The summed E-state index contributed by atoms with van der Waals surface area (Å²) in [6.07, 6.45) is 55.0. The average Bonchev–Trinajstić information content (AvgIpc) is 3.24. The van der Waals surface area contributed by atoms with E-state index in [-0.39, 0.29) is 18.5 Å². The molecule has 0 aliphatic carbocycles. The molecule has 6 heteroatoms. The van der Waals surface area contributed by atoms with Crippen molar-refractivity contribution in [2.45, 2.75) is 315 Å². The number of hydrogen-bond acceptors (Lipinski definition) is 5. The third-order valence-corrected chi connectivity index (χ3v) is 12.7. The van der Waals surface area contributed by atoms with Gasteiger partial charge in [0.05, 0.1) is 25.4 Å². The molecule has 0 rings (SSSR count). The van der Waals surface area contributed by atoms with Crippen LogP contribution < -0.4 is 5.32 Å². The minimum Gasteiger partial charge on any atom is -0.466 e. The van der Waals surface area contributed by atoms with Gasteiger partial charge in [0.1, 0.15) is 0 Å². The quantitative estimate of drug-likeness (QED) is 0.0419. The number of amides is 1. The fraction of sp³-hybridized carbons (Fsp3) is 0.962. The molecule has 352 valence electrons. The number of carbonyl (C=O) groups is 2. The van der Waals surface area contributed by atoms with Gasteiger partial charge in [-0.3, -0.25) is 9.59 Å². The summed E-state index contributed by atoms with van der Waals surface area (Å²) in [5.74, 6) is -0.0430. The van der Waals surface area contributed by atoms with E-state index in [4.69, 9.17) is 4.74 Å². The van der Waals surface area contributed by atoms with Gasteiger partial charge in [0, 0.05) is 12.8 Å². The summed E-state index contributed by atoms with van der Waals surface area (Å²) in [6, 6.07) is -0.547. The third kappa shape index (κ3) is 46.2. The van der Waals surface area contributed by atoms with Crippen LogP contribution in [0.2, 0.25) is 0 Å². The number of ether oxygens (including phenoxy) is 1. The Hall–Kier alpha value is -1.14. The van der Waals surface area contributed by atoms with Gasteiger partial charge in [0.15, 0.2) is 0 Å². The largest absolute Gasteiger partial charge is 0.466 e. The van der Waals surface area contributed by atoms with Gasteiger partial charge in [0.25, 0.3) is 0 Å². The van der Waals surface area contributed by atoms with E-state index in [2.05, 4.69) is 19.2 Å². The minimum atomic E-state index is -0.669. The first-order valence-corrected chi connectivity index (χ1v) is 26.8. The van der Waals surface area contributed by atoms with Gasteiger partial charge >= 0.3 is 5.97 Å². The van der Waals surface area contributed by atoms with E-state index >= 15 is 0 Å². The lowest BCUT2D eigenvalue weighted by atomic mass is 10.0. The van der Waals surface area contributed by atoms with Crippen LogP contribution in [0.25, 0.3) is 0 Å². The molecule has 0 saturated heterocycles. The molecule has 0 heterocycles. The van der Waals surface area contributed by atoms with Crippen LogP contribution in [0.1, 0.15) is 303 Å². The van der Waals surface area contributed by atoms with E-state index in [1.165, 1.54) is 218 Å². The summed E-state index contributed by atoms with van der Waals surface area (Å²) in [5.41, 5.74) is 0. The normalized spacial score (nSPS) is 12.5. The minimum absolute atomic E-state index is 0.000101. The van der Waals surface area contributed by atoms with Crippen LogP contribution in [0.4, 0.5) is 0 Å². The van der Waals surface area contributed by atoms with E-state index in [9.17, 15) is 19.8 Å². The fourth-order valence-corrected chi connectivity index (χ4v) is 8.52. The Bertz CT molecular complexity index is 837. The molecular formula is C53H105NO5. The van der Waals surface area contributed by atoms with Crippen LogP contribution in [0, 0.1) is 0 Å². The van der Waals surface area contributed by atoms with Crippen molar-refractivity contribution in [3.05, 3.63) is 0 Å². The van der Waals surface area contributed by atoms with Gasteiger partial charge in [0.2, 0.25) is 5.91 Å². The zero-order valence-corrected chi connectivity index (χ0v) is 40.0. The molecule has 0 aromatic carbocycles. The van der Waals surface area contributed by atoms with Gasteiger partial charge in [-0.1, -0.05) is 264 Å². The van der Waals surface area contributed by atoms with E-state index in [0.29, 0.717) is 25.9 Å². The fourth-order valence-electron chi connectivity index (χ4n) is 8.52. The second-order valence-corrected chi connectivity index (χ2v) is 18.6. The lowest BCUT2D eigenvalue weighted by molar-refractivity contribution is -0.143. The van der Waals surface area contributed by atoms with Crippen molar-refractivity contribution in [2.24, 2.45) is 0 Å². The van der Waals surface area contributed by atoms with Crippen LogP contribution in [0.3, 0.4) is 0 Å². The first-order valence-electron chi connectivity index (χ1n) is 26.8. The van der Waals surface area contributed by atoms with Gasteiger partial charge in [-0.05, 0) is 25.7 Å². The van der Waals surface area contributed by atoms with E-state index in [0.717, 1.165) is 51.4 Å². The van der Waals surface area contributed by atoms with Crippen LogP contribution in [0.15, 0.2) is 0 Å². The molecule has 0 spiro atoms. The van der Waals surface area contributed by atoms with Gasteiger partial charge < -0.3 is 20.3 Å². The number of esters is 1. The van der Waals surface area contributed by atoms with Gasteiger partial charge in [-0.25, -0.2) is 0 Å². The average molecular weight is 836 g/mol. The second-order valence-electron chi connectivity index (χ2n) is 18.6. The van der Waals surface area contributed by atoms with Crippen molar-refractivity contribution in [1.82, 2.24) is 5.32 Å². The Kier molecular flexibility index (Phi) is 48.6. The molecule has 0 aliphatic rings. The summed E-state index contributed by atoms with van der Waals surface area (Å²) >= 11 is 0. The summed E-state index contributed by atoms with van der Waals surface area (Å²) in [4.78, 5) is 24.5. The van der Waals surface area contributed by atoms with Gasteiger partial charge in [-0.15, -0.1) is 0 Å². The SMILES string of the molecule is CCCCCCCCCCCCCCCCCC(O)C(CO)NC(=O)CCCCCCCCCCCCCCCCOC(=O)CCCCCCCCCCCCCCC. The molecule has 0 aromatic heterocycles. The summed E-state index contributed by atoms with van der Waals surface area (Å²) < 4.78 is 5.46. The van der Waals surface area contributed by atoms with Crippen LogP contribution in [-0.4, -0.2) is 47.4 Å². The summed E-state index contributed by atoms with van der Waals surface area (Å²) in [5, 5.41) is 23.2. The monoisotopic (exact) mass is 836 g/mol. The Morgan fingerprint density at radius 2 is 0.695 bits per heavy atom. The van der Waals surface area contributed by atoms with Crippen molar-refractivity contribution in [3.63, 3.8) is 0 Å². The predicted octanol–water partition coefficient (Wildman–Crippen LogP) is 16.0. The molecule has 0 bridgehead atoms. The Morgan fingerprint density at radius 3 is 1.03 bits per heavy atom. The summed E-state index contributed by atoms with van der Waals surface area (Å²) in [7, 11) is 0. The molecule has 2 unspecified atom stereocenters. The number of unbranched alkanes of at least 4 members (excludes halogenated alkanes) is 39. The van der Waals surface area contributed by atoms with E-state index < -0.39 is 12.1 Å². The highest BCUT2D eigenvalue weighted by molar-refractivity contribution is 5.76. The molecule has 0 aromatic rings. The van der Waals surface area contributed by atoms with E-state index in [1.807, 2.05) is 0 Å². The lowest BCUT2D eigenvalue weighted by Crippen LogP contribution is -2.45. The molecule has 0 aliphatic heterocycles. The lowest BCUT2D eigenvalue weighted by Gasteiger charge is -2.22. The van der Waals surface area contributed by atoms with Gasteiger partial charge in [-0.2, -0.15) is 0 Å². The zero-order valence-electron chi connectivity index (χ0n) is 40.0. The highest BCUT2D eigenvalue weighted by Gasteiger charge is 2.20. The number of carbonyl (C=O) groups excluding carboxylic acids is 2. The van der Waals surface area contributed by atoms with Crippen LogP contribution in [-0.2, 0) is 14.3 Å². The maximum Gasteiger partial charge on any atom is 0.305 e. The number of nitrogens with one attached hydrogen (secondary N) is 1. The predicted molar refractivity (Wildman–Crippen MR) is 255 cm³/mol. The maximum atomic E-state index is 12.5. The highest BCUT2D eigenvalue weighted by atomic mass is 16.5. The van der Waals surface area contributed by atoms with Crippen LogP contribution >= 0.6 is 0 Å². The second kappa shape index (κ2) is 49.5. The Morgan fingerprint density at radius 1 is 0.407 bits per heavy atom. The van der Waals surface area contributed by atoms with Crippen molar-refractivity contribution in [1.29, 1.82) is 0 Å². The number of aliphatic hydroxyl groups excluding tert-OH is 2. The highest BCUT2D eigenvalue weighted by Crippen LogP contribution is 2.17. The first-order chi connectivity index (χ1) is 29.0. The maximum absolute atomic E-state index is 12.5. The molecule has 3 N–H and O–H groups in total. The number of hydrogen-bond donors (Lipinski definition) is 3. The topological polar surface area (TPSA) is 95.9 Å². The summed E-state index contributed by atoms with van der Waals surface area (Å²) in [6.45, 7) is 4.95. The smallest absolute Gasteiger partial charge is 0.305 e. The standard InChI is InChI=1S/C53H105NO5/c1-3-5-7-9-11-13-15-17-18-22-25-29-33-37-41-45-51(56)50(49-55)54-52(57)46-42-38-34-30-26-23-19-20-24-28-32-36-40-44-48-59-53(58)47-43-39-35-31-27-21-16-14-12-10-8-6-4-2/h50-51,55-56H,3-49H2,1-2H3,(H,54,57).